The maximum atomic E-state index is 6.28. The van der Waals surface area contributed by atoms with Gasteiger partial charge >= 0.3 is 0 Å². The lowest BCUT2D eigenvalue weighted by molar-refractivity contribution is 0.716. The van der Waals surface area contributed by atoms with Crippen molar-refractivity contribution in [2.45, 2.75) is 31.0 Å². The molecule has 2 spiro atoms. The summed E-state index contributed by atoms with van der Waals surface area (Å²) in [5.41, 5.74) is 1.28. The molecule has 3 saturated carbocycles. The third-order valence-electron chi connectivity index (χ3n) is 4.27. The van der Waals surface area contributed by atoms with Crippen molar-refractivity contribution in [3.8, 4) is 0 Å². The first-order valence-electron chi connectivity index (χ1n) is 4.07. The highest BCUT2D eigenvalue weighted by atomic mass is 79.9. The fraction of sp³-hybridized carbons (Fsp3) is 1.00. The molecule has 52 valence electrons. The Morgan fingerprint density at radius 2 is 1.50 bits per heavy atom. The van der Waals surface area contributed by atoms with Gasteiger partial charge in [0.05, 0.1) is 7.85 Å². The van der Waals surface area contributed by atoms with E-state index in [-0.39, 0.29) is 5.31 Å². The molecular weight excluding hydrogens is 187 g/mol. The van der Waals surface area contributed by atoms with Crippen LogP contribution in [0.25, 0.3) is 0 Å². The van der Waals surface area contributed by atoms with E-state index in [4.69, 9.17) is 7.85 Å². The van der Waals surface area contributed by atoms with Gasteiger partial charge in [-0.1, -0.05) is 15.9 Å². The monoisotopic (exact) mass is 196 g/mol. The Kier molecular flexibility index (Phi) is 0.767. The summed E-state index contributed by atoms with van der Waals surface area (Å²) >= 11 is 3.54. The smallest absolute Gasteiger partial charge is 0.0773 e. The number of halogens is 1. The second kappa shape index (κ2) is 1.26. The third kappa shape index (κ3) is 0.327. The normalized spacial score (nSPS) is 49.7. The summed E-state index contributed by atoms with van der Waals surface area (Å²) in [5, 5.41) is 1.25. The lowest BCUT2D eigenvalue weighted by atomic mass is 9.80. The molecule has 0 nitrogen and oxygen atoms in total. The van der Waals surface area contributed by atoms with E-state index >= 15 is 0 Å². The zero-order valence-electron chi connectivity index (χ0n) is 5.99. The molecule has 10 heavy (non-hydrogen) atoms. The van der Waals surface area contributed by atoms with Crippen LogP contribution in [0.2, 0.25) is 5.31 Å². The first kappa shape index (κ1) is 6.10. The first-order valence-corrected chi connectivity index (χ1v) is 5.20. The molecule has 0 aromatic rings. The van der Waals surface area contributed by atoms with Crippen LogP contribution in [0.3, 0.4) is 0 Å². The Morgan fingerprint density at radius 1 is 1.10 bits per heavy atom. The van der Waals surface area contributed by atoms with E-state index in [2.05, 4.69) is 15.9 Å². The predicted molar refractivity (Wildman–Crippen MR) is 45.6 cm³/mol. The van der Waals surface area contributed by atoms with Crippen molar-refractivity contribution in [3.63, 3.8) is 0 Å². The number of hydrogen-bond acceptors (Lipinski definition) is 0. The minimum absolute atomic E-state index is 0.222. The molecule has 3 aliphatic rings. The van der Waals surface area contributed by atoms with E-state index in [1.807, 2.05) is 0 Å². The molecule has 0 aromatic carbocycles. The lowest BCUT2D eigenvalue weighted by Crippen LogP contribution is -1.97. The molecule has 2 radical (unpaired) electrons. The number of fused-ring (bicyclic) bond motifs is 1. The van der Waals surface area contributed by atoms with Crippen LogP contribution in [0, 0.1) is 10.8 Å². The van der Waals surface area contributed by atoms with E-state index in [9.17, 15) is 0 Å². The summed E-state index contributed by atoms with van der Waals surface area (Å²) in [6.45, 7) is 0. The Morgan fingerprint density at radius 3 is 1.60 bits per heavy atom. The van der Waals surface area contributed by atoms with Crippen LogP contribution in [0.5, 0.6) is 0 Å². The predicted octanol–water partition coefficient (Wildman–Crippen LogP) is 2.28. The topological polar surface area (TPSA) is 0 Å². The van der Waals surface area contributed by atoms with Gasteiger partial charge in [0.15, 0.2) is 0 Å². The highest BCUT2D eigenvalue weighted by Gasteiger charge is 2.91. The van der Waals surface area contributed by atoms with E-state index < -0.39 is 0 Å². The molecule has 2 heteroatoms. The third-order valence-corrected chi connectivity index (χ3v) is 5.16. The lowest BCUT2D eigenvalue weighted by Gasteiger charge is -2.03. The maximum absolute atomic E-state index is 6.28. The van der Waals surface area contributed by atoms with Crippen molar-refractivity contribution < 1.29 is 0 Å². The summed E-state index contributed by atoms with van der Waals surface area (Å²) in [5.74, 6) is 0. The van der Waals surface area contributed by atoms with Gasteiger partial charge in [-0.25, -0.2) is 0 Å². The quantitative estimate of drug-likeness (QED) is 0.446. The Balaban J connectivity index is 2.02. The molecule has 0 aromatic heterocycles. The zero-order valence-corrected chi connectivity index (χ0v) is 7.58. The second-order valence-corrected chi connectivity index (χ2v) is 4.83. The van der Waals surface area contributed by atoms with Gasteiger partial charge in [-0.15, -0.1) is 0 Å². The SMILES string of the molecule is [B]C1(CBr)C2(CC2)C12CC2. The molecule has 0 unspecified atom stereocenters. The van der Waals surface area contributed by atoms with E-state index in [1.54, 1.807) is 0 Å². The van der Waals surface area contributed by atoms with Crippen molar-refractivity contribution >= 4 is 23.8 Å². The molecule has 3 fully saturated rings. The molecule has 3 rings (SSSR count). The largest absolute Gasteiger partial charge is 0.0930 e. The van der Waals surface area contributed by atoms with Crippen molar-refractivity contribution in [1.82, 2.24) is 0 Å². The number of rotatable bonds is 1. The van der Waals surface area contributed by atoms with Gasteiger partial charge in [0.25, 0.3) is 0 Å². The van der Waals surface area contributed by atoms with Crippen LogP contribution >= 0.6 is 15.9 Å². The van der Waals surface area contributed by atoms with Gasteiger partial charge in [0.1, 0.15) is 0 Å². The molecular formula is C8H10BBr. The Bertz CT molecular complexity index is 185. The van der Waals surface area contributed by atoms with Gasteiger partial charge in [-0.3, -0.25) is 0 Å². The van der Waals surface area contributed by atoms with Crippen LogP contribution in [-0.4, -0.2) is 13.2 Å². The second-order valence-electron chi connectivity index (χ2n) is 4.27. The average molecular weight is 197 g/mol. The Hall–Kier alpha value is 0.545. The maximum Gasteiger partial charge on any atom is 0.0773 e. The van der Waals surface area contributed by atoms with Crippen molar-refractivity contribution in [3.05, 3.63) is 0 Å². The Labute approximate surface area is 71.3 Å². The van der Waals surface area contributed by atoms with Crippen molar-refractivity contribution in [2.75, 3.05) is 5.33 Å². The van der Waals surface area contributed by atoms with E-state index in [1.165, 1.54) is 25.7 Å². The average Bonchev–Trinajstić information content (AvgIpc) is 2.76. The molecule has 0 atom stereocenters. The minimum Gasteiger partial charge on any atom is -0.0930 e. The minimum atomic E-state index is 0.222. The van der Waals surface area contributed by atoms with Crippen molar-refractivity contribution in [2.24, 2.45) is 10.8 Å². The fourth-order valence-corrected chi connectivity index (χ4v) is 4.39. The standard InChI is InChI=1S/C8H10BBr/c9-8(5-10)6(1-2-6)7(8)3-4-7/h1-5H2. The summed E-state index contributed by atoms with van der Waals surface area (Å²) in [6.07, 6.45) is 5.65. The van der Waals surface area contributed by atoms with Crippen LogP contribution in [0.1, 0.15) is 25.7 Å². The molecule has 0 aliphatic heterocycles. The summed E-state index contributed by atoms with van der Waals surface area (Å²) < 4.78 is 0. The van der Waals surface area contributed by atoms with Crippen LogP contribution in [-0.2, 0) is 0 Å². The van der Waals surface area contributed by atoms with Crippen LogP contribution < -0.4 is 0 Å². The number of hydrogen-bond donors (Lipinski definition) is 0. The van der Waals surface area contributed by atoms with E-state index in [0.29, 0.717) is 10.8 Å². The van der Waals surface area contributed by atoms with Gasteiger partial charge in [-0.2, -0.15) is 0 Å². The summed E-state index contributed by atoms with van der Waals surface area (Å²) in [4.78, 5) is 0. The molecule has 0 heterocycles. The number of alkyl halides is 1. The van der Waals surface area contributed by atoms with Gasteiger partial charge in [0.2, 0.25) is 0 Å². The highest BCUT2D eigenvalue weighted by molar-refractivity contribution is 9.09. The molecule has 3 aliphatic carbocycles. The fourth-order valence-electron chi connectivity index (χ4n) is 3.32. The summed E-state index contributed by atoms with van der Waals surface area (Å²) in [6, 6.07) is 0. The molecule has 0 saturated heterocycles. The highest BCUT2D eigenvalue weighted by Crippen LogP contribution is 3.01. The summed E-state index contributed by atoms with van der Waals surface area (Å²) in [7, 11) is 6.28. The first-order chi connectivity index (χ1) is 4.72. The van der Waals surface area contributed by atoms with Gasteiger partial charge in [0, 0.05) is 5.33 Å². The van der Waals surface area contributed by atoms with Crippen LogP contribution in [0.15, 0.2) is 0 Å². The molecule has 0 amide bonds. The van der Waals surface area contributed by atoms with Crippen LogP contribution in [0.4, 0.5) is 0 Å². The van der Waals surface area contributed by atoms with Crippen molar-refractivity contribution in [1.29, 1.82) is 0 Å². The van der Waals surface area contributed by atoms with Gasteiger partial charge < -0.3 is 0 Å². The molecule has 0 bridgehead atoms. The molecule has 0 N–H and O–H groups in total. The zero-order chi connectivity index (χ0) is 7.04. The van der Waals surface area contributed by atoms with E-state index in [0.717, 1.165) is 5.33 Å². The van der Waals surface area contributed by atoms with Gasteiger partial charge in [-0.05, 0) is 41.8 Å².